The van der Waals surface area contributed by atoms with E-state index in [9.17, 15) is 14.8 Å². The van der Waals surface area contributed by atoms with Crippen molar-refractivity contribution in [3.05, 3.63) is 0 Å². The van der Waals surface area contributed by atoms with Crippen LogP contribution in [-0.4, -0.2) is 67.5 Å². The van der Waals surface area contributed by atoms with E-state index in [1.165, 1.54) is 0 Å². The fraction of sp³-hybridized carbons (Fsp3) is 1.00. The molecule has 1 aliphatic rings. The van der Waals surface area contributed by atoms with E-state index in [0.29, 0.717) is 0 Å². The lowest BCUT2D eigenvalue weighted by atomic mass is 10.00. The highest BCUT2D eigenvalue weighted by Gasteiger charge is 2.43. The standard InChI is InChI=1S/C6H13O9P/c7-3-2(1-14-16(11,12)13)15-6(10)5(9)4(3)8/h2-10H,1H2,(H2,11,12,13)/t2-,3+,4+,5-,6-/m0/s1. The highest BCUT2D eigenvalue weighted by atomic mass is 31.2. The van der Waals surface area contributed by atoms with Gasteiger partial charge in [0.2, 0.25) is 0 Å². The van der Waals surface area contributed by atoms with Crippen molar-refractivity contribution >= 4 is 7.82 Å². The first-order valence-corrected chi connectivity index (χ1v) is 5.83. The maximum absolute atomic E-state index is 10.4. The third kappa shape index (κ3) is 3.45. The molecule has 0 bridgehead atoms. The molecule has 9 nitrogen and oxygen atoms in total. The second-order valence-electron chi connectivity index (χ2n) is 3.32. The Morgan fingerprint density at radius 1 is 1.06 bits per heavy atom. The molecule has 0 unspecified atom stereocenters. The van der Waals surface area contributed by atoms with Crippen LogP contribution >= 0.6 is 7.82 Å². The monoisotopic (exact) mass is 260 g/mol. The second-order valence-corrected chi connectivity index (χ2v) is 4.56. The summed E-state index contributed by atoms with van der Waals surface area (Å²) in [6.45, 7) is -0.730. The van der Waals surface area contributed by atoms with Gasteiger partial charge in [-0.25, -0.2) is 4.57 Å². The summed E-state index contributed by atoms with van der Waals surface area (Å²) < 4.78 is 19.0. The Morgan fingerprint density at radius 3 is 2.12 bits per heavy atom. The van der Waals surface area contributed by atoms with Crippen molar-refractivity contribution in [2.75, 3.05) is 6.61 Å². The van der Waals surface area contributed by atoms with Gasteiger partial charge in [0.05, 0.1) is 6.61 Å². The van der Waals surface area contributed by atoms with Crippen molar-refractivity contribution in [3.8, 4) is 0 Å². The van der Waals surface area contributed by atoms with Gasteiger partial charge in [0.25, 0.3) is 0 Å². The molecule has 0 aliphatic carbocycles. The van der Waals surface area contributed by atoms with Gasteiger partial charge in [-0.05, 0) is 0 Å². The molecule has 16 heavy (non-hydrogen) atoms. The molecule has 1 aliphatic heterocycles. The predicted octanol–water partition coefficient (Wildman–Crippen LogP) is -3.10. The zero-order chi connectivity index (χ0) is 12.5. The third-order valence-corrected chi connectivity index (χ3v) is 2.58. The SMILES string of the molecule is O=P(O)(O)OC[C@@H]1O[C@H](O)[C@@H](O)[C@H](O)[C@@H]1O. The summed E-state index contributed by atoms with van der Waals surface area (Å²) in [5.41, 5.74) is 0. The fourth-order valence-electron chi connectivity index (χ4n) is 1.24. The highest BCUT2D eigenvalue weighted by Crippen LogP contribution is 2.36. The zero-order valence-electron chi connectivity index (χ0n) is 7.95. The molecule has 10 heteroatoms. The van der Waals surface area contributed by atoms with E-state index >= 15 is 0 Å². The lowest BCUT2D eigenvalue weighted by Crippen LogP contribution is -2.58. The minimum absolute atomic E-state index is 0.730. The Bertz CT molecular complexity index is 277. The van der Waals surface area contributed by atoms with Gasteiger partial charge in [0, 0.05) is 0 Å². The number of phosphoric ester groups is 1. The summed E-state index contributed by atoms with van der Waals surface area (Å²) in [7, 11) is -4.73. The summed E-state index contributed by atoms with van der Waals surface area (Å²) in [6, 6.07) is 0. The summed E-state index contributed by atoms with van der Waals surface area (Å²) >= 11 is 0. The number of aliphatic hydroxyl groups is 4. The van der Waals surface area contributed by atoms with E-state index in [4.69, 9.17) is 20.0 Å². The first-order valence-electron chi connectivity index (χ1n) is 4.30. The third-order valence-electron chi connectivity index (χ3n) is 2.09. The van der Waals surface area contributed by atoms with Gasteiger partial charge in [-0.15, -0.1) is 0 Å². The maximum Gasteiger partial charge on any atom is 0.469 e. The van der Waals surface area contributed by atoms with Crippen molar-refractivity contribution in [1.82, 2.24) is 0 Å². The molecule has 0 saturated carbocycles. The molecular weight excluding hydrogens is 247 g/mol. The molecular formula is C6H13O9P. The Morgan fingerprint density at radius 2 is 1.62 bits per heavy atom. The molecule has 0 aromatic rings. The van der Waals surface area contributed by atoms with Crippen LogP contribution in [0.3, 0.4) is 0 Å². The van der Waals surface area contributed by atoms with Crippen molar-refractivity contribution in [1.29, 1.82) is 0 Å². The summed E-state index contributed by atoms with van der Waals surface area (Å²) in [5.74, 6) is 0. The van der Waals surface area contributed by atoms with E-state index in [-0.39, 0.29) is 0 Å². The van der Waals surface area contributed by atoms with Gasteiger partial charge in [0.15, 0.2) is 6.29 Å². The normalized spacial score (nSPS) is 41.0. The maximum atomic E-state index is 10.4. The first kappa shape index (κ1) is 14.0. The Hall–Kier alpha value is -0.0900. The van der Waals surface area contributed by atoms with Crippen molar-refractivity contribution in [2.45, 2.75) is 30.7 Å². The van der Waals surface area contributed by atoms with Crippen molar-refractivity contribution < 1.29 is 44.0 Å². The zero-order valence-corrected chi connectivity index (χ0v) is 8.84. The lowest BCUT2D eigenvalue weighted by molar-refractivity contribution is -0.285. The van der Waals surface area contributed by atoms with Crippen LogP contribution in [0.4, 0.5) is 0 Å². The summed E-state index contributed by atoms with van der Waals surface area (Å²) in [6.07, 6.45) is -8.11. The molecule has 0 amide bonds. The average Bonchev–Trinajstić information content (AvgIpc) is 2.17. The summed E-state index contributed by atoms with van der Waals surface area (Å²) in [5, 5.41) is 36.7. The Labute approximate surface area is 90.1 Å². The van der Waals surface area contributed by atoms with Crippen LogP contribution in [0.5, 0.6) is 0 Å². The number of hydrogen-bond donors (Lipinski definition) is 6. The first-order chi connectivity index (χ1) is 7.22. The van der Waals surface area contributed by atoms with Gasteiger partial charge >= 0.3 is 7.82 Å². The number of rotatable bonds is 3. The van der Waals surface area contributed by atoms with E-state index in [2.05, 4.69) is 9.26 Å². The molecule has 96 valence electrons. The van der Waals surface area contributed by atoms with Crippen LogP contribution in [0.25, 0.3) is 0 Å². The molecule has 0 aromatic heterocycles. The fourth-order valence-corrected chi connectivity index (χ4v) is 1.58. The van der Waals surface area contributed by atoms with Gasteiger partial charge in [-0.2, -0.15) is 0 Å². The Kier molecular flexibility index (Phi) is 4.41. The molecule has 0 spiro atoms. The molecule has 0 radical (unpaired) electrons. The van der Waals surface area contributed by atoms with Crippen molar-refractivity contribution in [2.24, 2.45) is 0 Å². The van der Waals surface area contributed by atoms with Crippen molar-refractivity contribution in [3.63, 3.8) is 0 Å². The van der Waals surface area contributed by atoms with Crippen LogP contribution in [0.2, 0.25) is 0 Å². The summed E-state index contributed by atoms with van der Waals surface area (Å²) in [4.78, 5) is 16.8. The van der Waals surface area contributed by atoms with Gasteiger partial charge in [-0.3, -0.25) is 4.52 Å². The largest absolute Gasteiger partial charge is 0.469 e. The average molecular weight is 260 g/mol. The predicted molar refractivity (Wildman–Crippen MR) is 46.9 cm³/mol. The lowest BCUT2D eigenvalue weighted by Gasteiger charge is -2.38. The molecule has 0 aromatic carbocycles. The van der Waals surface area contributed by atoms with E-state index in [1.807, 2.05) is 0 Å². The molecule has 6 N–H and O–H groups in total. The molecule has 5 atom stereocenters. The topological polar surface area (TPSA) is 157 Å². The van der Waals surface area contributed by atoms with Crippen LogP contribution < -0.4 is 0 Å². The van der Waals surface area contributed by atoms with E-state index in [1.54, 1.807) is 0 Å². The van der Waals surface area contributed by atoms with E-state index < -0.39 is 45.1 Å². The van der Waals surface area contributed by atoms with Crippen LogP contribution in [0, 0.1) is 0 Å². The minimum atomic E-state index is -4.73. The van der Waals surface area contributed by atoms with E-state index in [0.717, 1.165) is 0 Å². The van der Waals surface area contributed by atoms with Crippen LogP contribution in [-0.2, 0) is 13.8 Å². The van der Waals surface area contributed by atoms with Gasteiger partial charge in [0.1, 0.15) is 24.4 Å². The molecule has 1 rings (SSSR count). The quantitative estimate of drug-likeness (QED) is 0.289. The molecule has 1 saturated heterocycles. The number of aliphatic hydroxyl groups excluding tert-OH is 4. The van der Waals surface area contributed by atoms with Gasteiger partial charge < -0.3 is 34.9 Å². The molecule has 1 heterocycles. The number of ether oxygens (including phenoxy) is 1. The highest BCUT2D eigenvalue weighted by molar-refractivity contribution is 7.46. The minimum Gasteiger partial charge on any atom is -0.387 e. The molecule has 1 fully saturated rings. The van der Waals surface area contributed by atoms with Gasteiger partial charge in [-0.1, -0.05) is 0 Å². The number of phosphoric acid groups is 1. The van der Waals surface area contributed by atoms with Crippen LogP contribution in [0.15, 0.2) is 0 Å². The second kappa shape index (κ2) is 5.05. The Balaban J connectivity index is 2.57. The smallest absolute Gasteiger partial charge is 0.387 e. The number of hydrogen-bond acceptors (Lipinski definition) is 7. The van der Waals surface area contributed by atoms with Crippen LogP contribution in [0.1, 0.15) is 0 Å².